The molecule has 0 fully saturated rings. The van der Waals surface area contributed by atoms with Crippen LogP contribution in [0, 0.1) is 0 Å². The standard InChI is InChI=1S/C15H11ClS/c16-13-7-5-12(6-8-13)15-14-4-2-1-3-11(14)9-10-17-15/h1-10,15H/t15-/m1/s1. The van der Waals surface area contributed by atoms with E-state index in [0.717, 1.165) is 5.02 Å². The number of halogens is 1. The second kappa shape index (κ2) is 4.59. The smallest absolute Gasteiger partial charge is 0.0593 e. The summed E-state index contributed by atoms with van der Waals surface area (Å²) in [4.78, 5) is 0. The van der Waals surface area contributed by atoms with Crippen LogP contribution in [0.2, 0.25) is 5.02 Å². The van der Waals surface area contributed by atoms with Crippen molar-refractivity contribution in [1.29, 1.82) is 0 Å². The van der Waals surface area contributed by atoms with Crippen LogP contribution in [-0.2, 0) is 0 Å². The molecule has 0 bridgehead atoms. The molecule has 0 spiro atoms. The molecule has 2 aromatic rings. The fraction of sp³-hybridized carbons (Fsp3) is 0.0667. The van der Waals surface area contributed by atoms with E-state index in [1.54, 1.807) is 0 Å². The van der Waals surface area contributed by atoms with Gasteiger partial charge in [0.1, 0.15) is 0 Å². The fourth-order valence-corrected chi connectivity index (χ4v) is 3.25. The Morgan fingerprint density at radius 2 is 1.71 bits per heavy atom. The number of rotatable bonds is 1. The molecule has 0 saturated carbocycles. The Labute approximate surface area is 110 Å². The van der Waals surface area contributed by atoms with Crippen molar-refractivity contribution >= 4 is 29.4 Å². The largest absolute Gasteiger partial charge is 0.121 e. The van der Waals surface area contributed by atoms with Crippen LogP contribution in [0.25, 0.3) is 6.08 Å². The van der Waals surface area contributed by atoms with Crippen LogP contribution in [0.1, 0.15) is 21.9 Å². The summed E-state index contributed by atoms with van der Waals surface area (Å²) in [5.41, 5.74) is 3.99. The minimum Gasteiger partial charge on any atom is -0.121 e. The maximum absolute atomic E-state index is 5.93. The van der Waals surface area contributed by atoms with Crippen LogP contribution in [0.3, 0.4) is 0 Å². The molecule has 2 aromatic carbocycles. The van der Waals surface area contributed by atoms with Crippen LogP contribution in [0.5, 0.6) is 0 Å². The van der Waals surface area contributed by atoms with Gasteiger partial charge in [-0.25, -0.2) is 0 Å². The molecule has 0 unspecified atom stereocenters. The molecule has 0 radical (unpaired) electrons. The highest BCUT2D eigenvalue weighted by atomic mass is 35.5. The summed E-state index contributed by atoms with van der Waals surface area (Å²) < 4.78 is 0. The lowest BCUT2D eigenvalue weighted by Crippen LogP contribution is -2.00. The molecule has 1 heterocycles. The quantitative estimate of drug-likeness (QED) is 0.682. The normalized spacial score (nSPS) is 17.8. The fourth-order valence-electron chi connectivity index (χ4n) is 2.06. The van der Waals surface area contributed by atoms with Gasteiger partial charge < -0.3 is 0 Å². The van der Waals surface area contributed by atoms with Gasteiger partial charge in [-0.15, -0.1) is 11.8 Å². The topological polar surface area (TPSA) is 0 Å². The summed E-state index contributed by atoms with van der Waals surface area (Å²) in [6, 6.07) is 16.7. The molecular formula is C15H11ClS. The maximum atomic E-state index is 5.93. The second-order valence-electron chi connectivity index (χ2n) is 4.00. The van der Waals surface area contributed by atoms with Crippen molar-refractivity contribution in [3.63, 3.8) is 0 Å². The van der Waals surface area contributed by atoms with E-state index >= 15 is 0 Å². The predicted octanol–water partition coefficient (Wildman–Crippen LogP) is 5.15. The lowest BCUT2D eigenvalue weighted by atomic mass is 9.99. The highest BCUT2D eigenvalue weighted by Crippen LogP contribution is 2.42. The molecule has 0 amide bonds. The molecule has 17 heavy (non-hydrogen) atoms. The zero-order valence-corrected chi connectivity index (χ0v) is 10.7. The average molecular weight is 259 g/mol. The summed E-state index contributed by atoms with van der Waals surface area (Å²) in [7, 11) is 0. The Morgan fingerprint density at radius 1 is 0.941 bits per heavy atom. The van der Waals surface area contributed by atoms with Crippen molar-refractivity contribution in [2.24, 2.45) is 0 Å². The van der Waals surface area contributed by atoms with E-state index in [4.69, 9.17) is 11.6 Å². The van der Waals surface area contributed by atoms with Gasteiger partial charge in [-0.1, -0.05) is 48.0 Å². The third-order valence-electron chi connectivity index (χ3n) is 2.91. The number of fused-ring (bicyclic) bond motifs is 1. The number of hydrogen-bond donors (Lipinski definition) is 0. The molecular weight excluding hydrogens is 248 g/mol. The number of benzene rings is 2. The van der Waals surface area contributed by atoms with Crippen LogP contribution in [-0.4, -0.2) is 0 Å². The van der Waals surface area contributed by atoms with Crippen molar-refractivity contribution < 1.29 is 0 Å². The molecule has 84 valence electrons. The van der Waals surface area contributed by atoms with E-state index in [-0.39, 0.29) is 0 Å². The number of thioether (sulfide) groups is 1. The molecule has 0 aliphatic carbocycles. The van der Waals surface area contributed by atoms with Gasteiger partial charge in [-0.3, -0.25) is 0 Å². The van der Waals surface area contributed by atoms with Gasteiger partial charge in [0.05, 0.1) is 5.25 Å². The van der Waals surface area contributed by atoms with Crippen molar-refractivity contribution in [2.45, 2.75) is 5.25 Å². The monoisotopic (exact) mass is 258 g/mol. The van der Waals surface area contributed by atoms with E-state index in [1.165, 1.54) is 16.7 Å². The first-order valence-corrected chi connectivity index (χ1v) is 6.83. The van der Waals surface area contributed by atoms with Gasteiger partial charge in [-0.05, 0) is 40.3 Å². The van der Waals surface area contributed by atoms with Crippen LogP contribution in [0.15, 0.2) is 53.9 Å². The van der Waals surface area contributed by atoms with E-state index < -0.39 is 0 Å². The molecule has 2 heteroatoms. The molecule has 3 rings (SSSR count). The molecule has 0 aromatic heterocycles. The Hall–Kier alpha value is -1.18. The van der Waals surface area contributed by atoms with Crippen molar-refractivity contribution in [2.75, 3.05) is 0 Å². The maximum Gasteiger partial charge on any atom is 0.0593 e. The lowest BCUT2D eigenvalue weighted by Gasteiger charge is -2.21. The zero-order chi connectivity index (χ0) is 11.7. The summed E-state index contributed by atoms with van der Waals surface area (Å²) in [5.74, 6) is 0. The highest BCUT2D eigenvalue weighted by Gasteiger charge is 2.18. The van der Waals surface area contributed by atoms with Gasteiger partial charge in [-0.2, -0.15) is 0 Å². The van der Waals surface area contributed by atoms with Crippen LogP contribution in [0.4, 0.5) is 0 Å². The van der Waals surface area contributed by atoms with E-state index in [2.05, 4.69) is 47.9 Å². The van der Waals surface area contributed by atoms with Crippen molar-refractivity contribution in [3.8, 4) is 0 Å². The minimum absolute atomic E-state index is 0.383. The predicted molar refractivity (Wildman–Crippen MR) is 76.4 cm³/mol. The Morgan fingerprint density at radius 3 is 2.53 bits per heavy atom. The third-order valence-corrected chi connectivity index (χ3v) is 4.26. The number of hydrogen-bond acceptors (Lipinski definition) is 1. The summed E-state index contributed by atoms with van der Waals surface area (Å²) >= 11 is 7.77. The van der Waals surface area contributed by atoms with Gasteiger partial charge in [0, 0.05) is 5.02 Å². The van der Waals surface area contributed by atoms with Gasteiger partial charge in [0.15, 0.2) is 0 Å². The average Bonchev–Trinajstić information content (AvgIpc) is 2.39. The van der Waals surface area contributed by atoms with E-state index in [1.807, 2.05) is 23.9 Å². The Kier molecular flexibility index (Phi) is 2.96. The van der Waals surface area contributed by atoms with E-state index in [0.29, 0.717) is 5.25 Å². The van der Waals surface area contributed by atoms with Gasteiger partial charge >= 0.3 is 0 Å². The Balaban J connectivity index is 2.05. The minimum atomic E-state index is 0.383. The molecule has 1 aliphatic heterocycles. The first-order valence-electron chi connectivity index (χ1n) is 5.51. The molecule has 0 N–H and O–H groups in total. The Bertz CT molecular complexity index is 557. The van der Waals surface area contributed by atoms with Gasteiger partial charge in [0.25, 0.3) is 0 Å². The lowest BCUT2D eigenvalue weighted by molar-refractivity contribution is 1.15. The highest BCUT2D eigenvalue weighted by molar-refractivity contribution is 8.02. The third kappa shape index (κ3) is 2.13. The van der Waals surface area contributed by atoms with Crippen molar-refractivity contribution in [3.05, 3.63) is 75.7 Å². The second-order valence-corrected chi connectivity index (χ2v) is 5.45. The summed E-state index contributed by atoms with van der Waals surface area (Å²) in [5, 5.41) is 3.34. The molecule has 1 atom stereocenters. The SMILES string of the molecule is Clc1ccc([C@H]2SC=Cc3ccccc32)cc1. The molecule has 0 saturated heterocycles. The first kappa shape index (κ1) is 10.9. The van der Waals surface area contributed by atoms with Gasteiger partial charge in [0.2, 0.25) is 0 Å². The molecule has 0 nitrogen and oxygen atoms in total. The van der Waals surface area contributed by atoms with Crippen LogP contribution >= 0.6 is 23.4 Å². The first-order chi connectivity index (χ1) is 8.34. The zero-order valence-electron chi connectivity index (χ0n) is 9.14. The van der Waals surface area contributed by atoms with E-state index in [9.17, 15) is 0 Å². The van der Waals surface area contributed by atoms with Crippen LogP contribution < -0.4 is 0 Å². The summed E-state index contributed by atoms with van der Waals surface area (Å²) in [6.07, 6.45) is 2.17. The summed E-state index contributed by atoms with van der Waals surface area (Å²) in [6.45, 7) is 0. The van der Waals surface area contributed by atoms with Crippen molar-refractivity contribution in [1.82, 2.24) is 0 Å². The molecule has 1 aliphatic rings.